The van der Waals surface area contributed by atoms with Crippen molar-refractivity contribution in [3.8, 4) is 11.5 Å². The Morgan fingerprint density at radius 1 is 0.923 bits per heavy atom. The summed E-state index contributed by atoms with van der Waals surface area (Å²) >= 11 is 0. The smallest absolute Gasteiger partial charge is 0.303 e. The SMILES string of the molecule is COc1ccc(C(=C(/C=N/O)CCC(=O)O)c2ccc(OC)cc2)cc1. The third kappa shape index (κ3) is 4.86. The van der Waals surface area contributed by atoms with Crippen molar-refractivity contribution in [1.82, 2.24) is 0 Å². The molecule has 6 heteroatoms. The number of rotatable bonds is 8. The number of carboxylic acid groups (broad SMARTS) is 1. The van der Waals surface area contributed by atoms with Crippen LogP contribution in [0.2, 0.25) is 0 Å². The average Bonchev–Trinajstić information content (AvgIpc) is 2.67. The summed E-state index contributed by atoms with van der Waals surface area (Å²) in [5, 5.41) is 21.2. The molecule has 2 aromatic rings. The second-order valence-corrected chi connectivity index (χ2v) is 5.50. The van der Waals surface area contributed by atoms with Crippen molar-refractivity contribution in [1.29, 1.82) is 0 Å². The van der Waals surface area contributed by atoms with E-state index in [4.69, 9.17) is 19.8 Å². The van der Waals surface area contributed by atoms with Crippen molar-refractivity contribution < 1.29 is 24.6 Å². The van der Waals surface area contributed by atoms with E-state index in [9.17, 15) is 4.79 Å². The fourth-order valence-electron chi connectivity index (χ4n) is 2.62. The summed E-state index contributed by atoms with van der Waals surface area (Å²) in [6.45, 7) is 0. The summed E-state index contributed by atoms with van der Waals surface area (Å²) in [5.74, 6) is 0.508. The molecule has 0 bridgehead atoms. The number of carbonyl (C=O) groups is 1. The van der Waals surface area contributed by atoms with Crippen molar-refractivity contribution in [2.24, 2.45) is 5.16 Å². The Labute approximate surface area is 152 Å². The molecule has 0 spiro atoms. The molecule has 0 unspecified atom stereocenters. The van der Waals surface area contributed by atoms with E-state index < -0.39 is 5.97 Å². The Balaban J connectivity index is 2.60. The average molecular weight is 355 g/mol. The molecule has 0 saturated carbocycles. The molecule has 0 aliphatic heterocycles. The Morgan fingerprint density at radius 2 is 1.38 bits per heavy atom. The van der Waals surface area contributed by atoms with Crippen molar-refractivity contribution >= 4 is 17.8 Å². The molecule has 2 N–H and O–H groups in total. The molecule has 0 fully saturated rings. The number of methoxy groups -OCH3 is 2. The van der Waals surface area contributed by atoms with Crippen LogP contribution in [0.25, 0.3) is 5.57 Å². The minimum absolute atomic E-state index is 0.0723. The Kier molecular flexibility index (Phi) is 6.79. The first kappa shape index (κ1) is 19.1. The molecular weight excluding hydrogens is 334 g/mol. The Bertz CT molecular complexity index is 742. The molecule has 0 aliphatic carbocycles. The summed E-state index contributed by atoms with van der Waals surface area (Å²) in [4.78, 5) is 11.0. The number of nitrogens with zero attached hydrogens (tertiary/aromatic N) is 1. The highest BCUT2D eigenvalue weighted by molar-refractivity contribution is 5.97. The quantitative estimate of drug-likeness (QED) is 0.427. The molecule has 0 aliphatic rings. The normalized spacial score (nSPS) is 10.5. The topological polar surface area (TPSA) is 88.4 Å². The van der Waals surface area contributed by atoms with Crippen molar-refractivity contribution in [2.45, 2.75) is 12.8 Å². The molecule has 26 heavy (non-hydrogen) atoms. The van der Waals surface area contributed by atoms with Crippen LogP contribution in [0.4, 0.5) is 0 Å². The Morgan fingerprint density at radius 3 is 1.73 bits per heavy atom. The number of oxime groups is 1. The van der Waals surface area contributed by atoms with Gasteiger partial charge in [0, 0.05) is 6.42 Å². The van der Waals surface area contributed by atoms with E-state index >= 15 is 0 Å². The van der Waals surface area contributed by atoms with Gasteiger partial charge in [-0.25, -0.2) is 0 Å². The zero-order valence-electron chi connectivity index (χ0n) is 14.7. The highest BCUT2D eigenvalue weighted by Gasteiger charge is 2.13. The second kappa shape index (κ2) is 9.27. The van der Waals surface area contributed by atoms with Crippen molar-refractivity contribution in [3.63, 3.8) is 0 Å². The van der Waals surface area contributed by atoms with E-state index in [1.54, 1.807) is 14.2 Å². The van der Waals surface area contributed by atoms with Gasteiger partial charge in [-0.15, -0.1) is 0 Å². The van der Waals surface area contributed by atoms with E-state index in [-0.39, 0.29) is 12.8 Å². The molecule has 2 rings (SSSR count). The molecule has 0 aromatic heterocycles. The second-order valence-electron chi connectivity index (χ2n) is 5.50. The van der Waals surface area contributed by atoms with E-state index in [1.807, 2.05) is 48.5 Å². The lowest BCUT2D eigenvalue weighted by Crippen LogP contribution is -2.01. The van der Waals surface area contributed by atoms with Gasteiger partial charge in [0.2, 0.25) is 0 Å². The molecule has 0 saturated heterocycles. The van der Waals surface area contributed by atoms with Gasteiger partial charge in [0.25, 0.3) is 0 Å². The first-order valence-corrected chi connectivity index (χ1v) is 8.00. The lowest BCUT2D eigenvalue weighted by atomic mass is 9.91. The first-order chi connectivity index (χ1) is 12.6. The predicted octanol–water partition coefficient (Wildman–Crippen LogP) is 3.83. The van der Waals surface area contributed by atoms with Gasteiger partial charge in [-0.1, -0.05) is 29.4 Å². The zero-order chi connectivity index (χ0) is 18.9. The zero-order valence-corrected chi connectivity index (χ0v) is 14.7. The first-order valence-electron chi connectivity index (χ1n) is 8.00. The van der Waals surface area contributed by atoms with Crippen LogP contribution in [0.15, 0.2) is 59.3 Å². The number of ether oxygens (including phenoxy) is 2. The summed E-state index contributed by atoms with van der Waals surface area (Å²) in [6, 6.07) is 14.8. The van der Waals surface area contributed by atoms with Gasteiger partial charge in [-0.05, 0) is 53.0 Å². The van der Waals surface area contributed by atoms with E-state index in [0.717, 1.165) is 16.7 Å². The van der Waals surface area contributed by atoms with Crippen molar-refractivity contribution in [3.05, 3.63) is 65.2 Å². The molecule has 136 valence electrons. The number of aliphatic carboxylic acids is 1. The lowest BCUT2D eigenvalue weighted by molar-refractivity contribution is -0.136. The lowest BCUT2D eigenvalue weighted by Gasteiger charge is -2.14. The molecule has 0 amide bonds. The minimum atomic E-state index is -0.919. The third-order valence-electron chi connectivity index (χ3n) is 3.90. The van der Waals surface area contributed by atoms with Crippen LogP contribution in [0.5, 0.6) is 11.5 Å². The van der Waals surface area contributed by atoms with Gasteiger partial charge < -0.3 is 19.8 Å². The fraction of sp³-hybridized carbons (Fsp3) is 0.200. The summed E-state index contributed by atoms with van der Waals surface area (Å²) < 4.78 is 10.4. The number of hydrogen-bond acceptors (Lipinski definition) is 5. The summed E-state index contributed by atoms with van der Waals surface area (Å²) in [6.07, 6.45) is 1.44. The van der Waals surface area contributed by atoms with Gasteiger partial charge in [0.15, 0.2) is 0 Å². The third-order valence-corrected chi connectivity index (χ3v) is 3.90. The van der Waals surface area contributed by atoms with Crippen LogP contribution in [-0.4, -0.2) is 36.7 Å². The number of allylic oxidation sites excluding steroid dienone is 1. The monoisotopic (exact) mass is 355 g/mol. The maximum Gasteiger partial charge on any atom is 0.303 e. The number of carboxylic acids is 1. The van der Waals surface area contributed by atoms with Gasteiger partial charge in [-0.3, -0.25) is 4.79 Å². The number of hydrogen-bond donors (Lipinski definition) is 2. The minimum Gasteiger partial charge on any atom is -0.497 e. The van der Waals surface area contributed by atoms with E-state index in [2.05, 4.69) is 5.16 Å². The van der Waals surface area contributed by atoms with Crippen LogP contribution in [0, 0.1) is 0 Å². The predicted molar refractivity (Wildman–Crippen MR) is 99.2 cm³/mol. The molecule has 6 nitrogen and oxygen atoms in total. The molecular formula is C20H21NO5. The van der Waals surface area contributed by atoms with E-state index in [0.29, 0.717) is 17.1 Å². The molecule has 0 heterocycles. The Hall–Kier alpha value is -3.28. The standard InChI is InChI=1S/C20H21NO5/c1-25-17-8-3-14(4-9-17)20(15-5-10-18(26-2)11-6-15)16(13-21-24)7-12-19(22)23/h3-6,8-11,13,24H,7,12H2,1-2H3,(H,22,23)/b21-13+. The van der Waals surface area contributed by atoms with Crippen LogP contribution >= 0.6 is 0 Å². The largest absolute Gasteiger partial charge is 0.497 e. The summed E-state index contributed by atoms with van der Waals surface area (Å²) in [7, 11) is 3.18. The van der Waals surface area contributed by atoms with Crippen LogP contribution in [0.1, 0.15) is 24.0 Å². The van der Waals surface area contributed by atoms with E-state index in [1.165, 1.54) is 6.21 Å². The van der Waals surface area contributed by atoms with Gasteiger partial charge in [-0.2, -0.15) is 0 Å². The number of benzene rings is 2. The van der Waals surface area contributed by atoms with Gasteiger partial charge in [0.1, 0.15) is 11.5 Å². The molecule has 2 aromatic carbocycles. The molecule has 0 atom stereocenters. The van der Waals surface area contributed by atoms with Crippen molar-refractivity contribution in [2.75, 3.05) is 14.2 Å². The fourth-order valence-corrected chi connectivity index (χ4v) is 2.62. The van der Waals surface area contributed by atoms with Gasteiger partial charge in [0.05, 0.1) is 20.4 Å². The highest BCUT2D eigenvalue weighted by Crippen LogP contribution is 2.31. The van der Waals surface area contributed by atoms with Crippen LogP contribution < -0.4 is 9.47 Å². The van der Waals surface area contributed by atoms with Gasteiger partial charge >= 0.3 is 5.97 Å². The van der Waals surface area contributed by atoms with Crippen LogP contribution in [0.3, 0.4) is 0 Å². The maximum absolute atomic E-state index is 11.0. The molecule has 0 radical (unpaired) electrons. The summed E-state index contributed by atoms with van der Waals surface area (Å²) in [5.41, 5.74) is 3.12. The van der Waals surface area contributed by atoms with Crippen LogP contribution in [-0.2, 0) is 4.79 Å². The highest BCUT2D eigenvalue weighted by atomic mass is 16.5. The maximum atomic E-state index is 11.0.